The molecule has 0 amide bonds. The molecule has 0 aromatic carbocycles. The van der Waals surface area contributed by atoms with Gasteiger partial charge in [0.1, 0.15) is 5.83 Å². The van der Waals surface area contributed by atoms with Crippen LogP contribution in [0.4, 0.5) is 4.39 Å². The van der Waals surface area contributed by atoms with Gasteiger partial charge in [0.2, 0.25) is 0 Å². The Hall–Kier alpha value is -0.410. The second-order valence-corrected chi connectivity index (χ2v) is 3.92. The summed E-state index contributed by atoms with van der Waals surface area (Å²) in [6.07, 6.45) is 2.71. The fourth-order valence-corrected chi connectivity index (χ4v) is 1.55. The quantitative estimate of drug-likeness (QED) is 0.724. The second-order valence-electron chi connectivity index (χ2n) is 3.92. The number of nitrogens with zero attached hydrogens (tertiary/aromatic N) is 1. The Morgan fingerprint density at radius 3 is 2.69 bits per heavy atom. The van der Waals surface area contributed by atoms with E-state index in [9.17, 15) is 4.39 Å². The third-order valence-corrected chi connectivity index (χ3v) is 2.56. The molecule has 1 unspecified atom stereocenters. The molecule has 76 valence electrons. The highest BCUT2D eigenvalue weighted by molar-refractivity contribution is 5.03. The fraction of sp³-hybridized carbons (Fsp3) is 0.800. The van der Waals surface area contributed by atoms with Crippen molar-refractivity contribution in [3.63, 3.8) is 0 Å². The SMILES string of the molecule is CC(C)=C(F)CNC1CCCN1C. The number of hydrogen-bond acceptors (Lipinski definition) is 2. The Labute approximate surface area is 79.8 Å². The van der Waals surface area contributed by atoms with Gasteiger partial charge in [-0.15, -0.1) is 0 Å². The van der Waals surface area contributed by atoms with E-state index in [4.69, 9.17) is 0 Å². The first kappa shape index (κ1) is 10.7. The van der Waals surface area contributed by atoms with Crippen molar-refractivity contribution in [3.05, 3.63) is 11.4 Å². The smallest absolute Gasteiger partial charge is 0.112 e. The Balaban J connectivity index is 2.30. The molecule has 1 aliphatic heterocycles. The molecule has 0 aromatic heterocycles. The number of rotatable bonds is 3. The first-order valence-electron chi connectivity index (χ1n) is 4.86. The van der Waals surface area contributed by atoms with Crippen molar-refractivity contribution in [2.75, 3.05) is 20.1 Å². The summed E-state index contributed by atoms with van der Waals surface area (Å²) in [7, 11) is 2.07. The lowest BCUT2D eigenvalue weighted by molar-refractivity contribution is 0.266. The lowest BCUT2D eigenvalue weighted by Gasteiger charge is -2.20. The first-order valence-corrected chi connectivity index (χ1v) is 4.86. The standard InChI is InChI=1S/C10H19FN2/c1-8(2)9(11)7-12-10-5-4-6-13(10)3/h10,12H,4-7H2,1-3H3. The topological polar surface area (TPSA) is 15.3 Å². The Bertz CT molecular complexity index is 197. The molecule has 0 bridgehead atoms. The average Bonchev–Trinajstić information content (AvgIpc) is 2.47. The van der Waals surface area contributed by atoms with E-state index in [1.165, 1.54) is 6.42 Å². The van der Waals surface area contributed by atoms with Crippen molar-refractivity contribution < 1.29 is 4.39 Å². The summed E-state index contributed by atoms with van der Waals surface area (Å²) < 4.78 is 13.1. The monoisotopic (exact) mass is 186 g/mol. The number of halogens is 1. The summed E-state index contributed by atoms with van der Waals surface area (Å²) in [4.78, 5) is 2.23. The van der Waals surface area contributed by atoms with Crippen LogP contribution in [0.5, 0.6) is 0 Å². The van der Waals surface area contributed by atoms with Crippen LogP contribution in [0, 0.1) is 0 Å². The molecule has 1 saturated heterocycles. The van der Waals surface area contributed by atoms with Gasteiger partial charge >= 0.3 is 0 Å². The van der Waals surface area contributed by atoms with Crippen LogP contribution in [0.2, 0.25) is 0 Å². The zero-order valence-electron chi connectivity index (χ0n) is 8.73. The lowest BCUT2D eigenvalue weighted by atomic mass is 10.3. The van der Waals surface area contributed by atoms with Gasteiger partial charge in [-0.25, -0.2) is 4.39 Å². The zero-order chi connectivity index (χ0) is 9.84. The maximum Gasteiger partial charge on any atom is 0.112 e. The van der Waals surface area contributed by atoms with Crippen molar-refractivity contribution in [1.82, 2.24) is 10.2 Å². The van der Waals surface area contributed by atoms with Crippen molar-refractivity contribution in [1.29, 1.82) is 0 Å². The molecule has 1 aliphatic rings. The molecule has 1 rings (SSSR count). The van der Waals surface area contributed by atoms with Crippen LogP contribution < -0.4 is 5.32 Å². The van der Waals surface area contributed by atoms with E-state index in [0.29, 0.717) is 12.7 Å². The Morgan fingerprint density at radius 2 is 2.23 bits per heavy atom. The molecule has 13 heavy (non-hydrogen) atoms. The molecule has 0 radical (unpaired) electrons. The molecule has 1 atom stereocenters. The molecule has 0 aliphatic carbocycles. The summed E-state index contributed by atoms with van der Waals surface area (Å²) >= 11 is 0. The molecule has 0 saturated carbocycles. The largest absolute Gasteiger partial charge is 0.295 e. The van der Waals surface area contributed by atoms with Crippen LogP contribution in [-0.2, 0) is 0 Å². The van der Waals surface area contributed by atoms with E-state index < -0.39 is 0 Å². The van der Waals surface area contributed by atoms with Gasteiger partial charge < -0.3 is 0 Å². The van der Waals surface area contributed by atoms with Gasteiger partial charge in [-0.3, -0.25) is 10.2 Å². The minimum atomic E-state index is -0.0275. The van der Waals surface area contributed by atoms with Crippen molar-refractivity contribution in [2.45, 2.75) is 32.9 Å². The summed E-state index contributed by atoms with van der Waals surface area (Å²) in [5.74, 6) is -0.0275. The number of hydrogen-bond donors (Lipinski definition) is 1. The van der Waals surface area contributed by atoms with E-state index in [1.54, 1.807) is 13.8 Å². The number of likely N-dealkylation sites (tertiary alicyclic amines) is 1. The lowest BCUT2D eigenvalue weighted by Crippen LogP contribution is -2.39. The minimum absolute atomic E-state index is 0.0275. The van der Waals surface area contributed by atoms with Crippen LogP contribution in [0.25, 0.3) is 0 Å². The van der Waals surface area contributed by atoms with E-state index >= 15 is 0 Å². The highest BCUT2D eigenvalue weighted by Gasteiger charge is 2.19. The number of nitrogens with one attached hydrogen (secondary N) is 1. The van der Waals surface area contributed by atoms with Gasteiger partial charge in [-0.2, -0.15) is 0 Å². The maximum absolute atomic E-state index is 13.1. The molecule has 0 spiro atoms. The zero-order valence-corrected chi connectivity index (χ0v) is 8.73. The summed E-state index contributed by atoms with van der Waals surface area (Å²) in [6.45, 7) is 5.09. The number of allylic oxidation sites excluding steroid dienone is 1. The molecular weight excluding hydrogens is 167 g/mol. The third-order valence-electron chi connectivity index (χ3n) is 2.56. The van der Waals surface area contributed by atoms with Gasteiger partial charge in [0.25, 0.3) is 0 Å². The molecular formula is C10H19FN2. The fourth-order valence-electron chi connectivity index (χ4n) is 1.55. The van der Waals surface area contributed by atoms with E-state index in [0.717, 1.165) is 18.5 Å². The highest BCUT2D eigenvalue weighted by atomic mass is 19.1. The molecule has 1 heterocycles. The van der Waals surface area contributed by atoms with Gasteiger partial charge in [-0.1, -0.05) is 0 Å². The molecule has 1 fully saturated rings. The van der Waals surface area contributed by atoms with Crippen molar-refractivity contribution in [3.8, 4) is 0 Å². The van der Waals surface area contributed by atoms with Gasteiger partial charge in [0, 0.05) is 6.54 Å². The highest BCUT2D eigenvalue weighted by Crippen LogP contribution is 2.12. The van der Waals surface area contributed by atoms with Crippen molar-refractivity contribution >= 4 is 0 Å². The van der Waals surface area contributed by atoms with Gasteiger partial charge in [-0.05, 0) is 45.9 Å². The predicted octanol–water partition coefficient (Wildman–Crippen LogP) is 1.89. The molecule has 1 N–H and O–H groups in total. The molecule has 3 heteroatoms. The van der Waals surface area contributed by atoms with Crippen molar-refractivity contribution in [2.24, 2.45) is 0 Å². The second kappa shape index (κ2) is 4.72. The maximum atomic E-state index is 13.1. The predicted molar refractivity (Wildman–Crippen MR) is 53.1 cm³/mol. The van der Waals surface area contributed by atoms with Crippen LogP contribution in [0.1, 0.15) is 26.7 Å². The Kier molecular flexibility index (Phi) is 3.88. The Morgan fingerprint density at radius 1 is 1.54 bits per heavy atom. The van der Waals surface area contributed by atoms with E-state index in [2.05, 4.69) is 17.3 Å². The van der Waals surface area contributed by atoms with E-state index in [-0.39, 0.29) is 5.83 Å². The van der Waals surface area contributed by atoms with Crippen LogP contribution >= 0.6 is 0 Å². The first-order chi connectivity index (χ1) is 6.11. The third kappa shape index (κ3) is 3.08. The normalized spacial score (nSPS) is 23.5. The summed E-state index contributed by atoms with van der Waals surface area (Å²) in [6, 6.07) is 0. The van der Waals surface area contributed by atoms with Crippen LogP contribution in [0.15, 0.2) is 11.4 Å². The van der Waals surface area contributed by atoms with E-state index in [1.807, 2.05) is 0 Å². The minimum Gasteiger partial charge on any atom is -0.295 e. The van der Waals surface area contributed by atoms with Crippen LogP contribution in [-0.4, -0.2) is 31.2 Å². The molecule has 0 aromatic rings. The molecule has 2 nitrogen and oxygen atoms in total. The van der Waals surface area contributed by atoms with Crippen LogP contribution in [0.3, 0.4) is 0 Å². The van der Waals surface area contributed by atoms with Gasteiger partial charge in [0.05, 0.1) is 6.17 Å². The summed E-state index contributed by atoms with van der Waals surface area (Å²) in [5.41, 5.74) is 0.771. The summed E-state index contributed by atoms with van der Waals surface area (Å²) in [5, 5.41) is 3.21. The average molecular weight is 186 g/mol. The van der Waals surface area contributed by atoms with Gasteiger partial charge in [0.15, 0.2) is 0 Å².